The van der Waals surface area contributed by atoms with Gasteiger partial charge in [-0.25, -0.2) is 0 Å². The zero-order chi connectivity index (χ0) is 25.6. The number of benzene rings is 2. The Morgan fingerprint density at radius 2 is 1.53 bits per heavy atom. The average molecular weight is 272 g/mol. The molecule has 0 aliphatic heterocycles. The van der Waals surface area contributed by atoms with Gasteiger partial charge in [-0.15, -0.1) is 0 Å². The van der Waals surface area contributed by atoms with Crippen molar-refractivity contribution < 1.29 is 33.5 Å². The average Bonchev–Trinajstić information content (AvgIpc) is 2.67. The van der Waals surface area contributed by atoms with Gasteiger partial charge in [0.1, 0.15) is 17.2 Å². The molecule has 0 heterocycles. The van der Waals surface area contributed by atoms with Crippen molar-refractivity contribution in [2.24, 2.45) is 5.11 Å². The summed E-state index contributed by atoms with van der Waals surface area (Å²) in [5, 5.41) is 15.9. The zero-order valence-electron chi connectivity index (χ0n) is 23.1. The molecule has 0 atom stereocenters. The van der Waals surface area contributed by atoms with Crippen molar-refractivity contribution in [1.29, 1.82) is 0 Å². The Labute approximate surface area is 131 Å². The molecule has 2 aromatic rings. The van der Waals surface area contributed by atoms with Crippen LogP contribution < -0.4 is 9.47 Å². The fourth-order valence-electron chi connectivity index (χ4n) is 0.977. The molecule has 0 aromatic heterocycles. The van der Waals surface area contributed by atoms with Crippen molar-refractivity contribution >= 4 is 11.4 Å². The van der Waals surface area contributed by atoms with E-state index in [0.29, 0.717) is 0 Å². The maximum absolute atomic E-state index is 12.6. The summed E-state index contributed by atoms with van der Waals surface area (Å²) in [5.74, 6) is -1.87. The quantitative estimate of drug-likeness (QED) is 0.485. The van der Waals surface area contributed by atoms with Crippen molar-refractivity contribution in [3.8, 4) is 11.5 Å². The summed E-state index contributed by atoms with van der Waals surface area (Å²) in [7, 11) is -6.21. The number of methoxy groups -OCH3 is 2. The Bertz CT molecular complexity index is 1080. The van der Waals surface area contributed by atoms with Gasteiger partial charge in [-0.05, 0) is 36.3 Å². The van der Waals surface area contributed by atoms with Crippen LogP contribution in [0, 0.1) is 5.21 Å². The van der Waals surface area contributed by atoms with E-state index in [1.165, 1.54) is 0 Å². The predicted octanol–water partition coefficient (Wildman–Crippen LogP) is 3.63. The van der Waals surface area contributed by atoms with Crippen molar-refractivity contribution in [2.75, 3.05) is 14.1 Å². The van der Waals surface area contributed by atoms with Crippen molar-refractivity contribution in [1.82, 2.24) is 0 Å². The third-order valence-electron chi connectivity index (χ3n) is 1.76. The minimum Gasteiger partial charge on any atom is -0.594 e. The molecular formula is C14H14N2O3. The molecule has 0 bridgehead atoms. The van der Waals surface area contributed by atoms with Crippen LogP contribution >= 0.6 is 0 Å². The zero-order valence-corrected chi connectivity index (χ0v) is 9.12. The van der Waals surface area contributed by atoms with E-state index in [2.05, 4.69) is 14.6 Å². The van der Waals surface area contributed by atoms with Crippen LogP contribution in [0.25, 0.3) is 0 Å². The van der Waals surface area contributed by atoms with Crippen LogP contribution in [-0.2, 0) is 0 Å². The van der Waals surface area contributed by atoms with Crippen LogP contribution in [0.4, 0.5) is 11.4 Å². The maximum atomic E-state index is 12.6. The van der Waals surface area contributed by atoms with Crippen LogP contribution in [0.15, 0.2) is 53.5 Å². The van der Waals surface area contributed by atoms with E-state index in [9.17, 15) is 5.21 Å². The maximum Gasteiger partial charge on any atom is 0.245 e. The van der Waals surface area contributed by atoms with Gasteiger partial charge in [0.05, 0.1) is 33.3 Å². The van der Waals surface area contributed by atoms with Gasteiger partial charge < -0.3 is 14.7 Å². The Morgan fingerprint density at radius 3 is 2.05 bits per heavy atom. The number of hydrogen-bond donors (Lipinski definition) is 0. The smallest absolute Gasteiger partial charge is 0.245 e. The molecule has 98 valence electrons. The molecule has 5 nitrogen and oxygen atoms in total. The van der Waals surface area contributed by atoms with Gasteiger partial charge in [0, 0.05) is 17.2 Å². The summed E-state index contributed by atoms with van der Waals surface area (Å²) in [5.41, 5.74) is -1.93. The highest BCUT2D eigenvalue weighted by Gasteiger charge is 2.04. The molecule has 0 aliphatic carbocycles. The predicted molar refractivity (Wildman–Crippen MR) is 71.4 cm³/mol. The van der Waals surface area contributed by atoms with E-state index < -0.39 is 90.1 Å². The van der Waals surface area contributed by atoms with Crippen molar-refractivity contribution in [3.63, 3.8) is 0 Å². The molecule has 2 aromatic carbocycles. The third kappa shape index (κ3) is 3.22. The minimum atomic E-state index is -3.11. The van der Waals surface area contributed by atoms with Crippen LogP contribution in [0.2, 0.25) is 0 Å². The van der Waals surface area contributed by atoms with Crippen LogP contribution in [0.1, 0.15) is 19.2 Å². The van der Waals surface area contributed by atoms with Gasteiger partial charge in [0.2, 0.25) is 5.69 Å². The fraction of sp³-hybridized carbons (Fsp3) is 0.143. The molecule has 0 fully saturated rings. The topological polar surface area (TPSA) is 56.9 Å². The van der Waals surface area contributed by atoms with Gasteiger partial charge in [0.25, 0.3) is 0 Å². The van der Waals surface area contributed by atoms with Gasteiger partial charge in [-0.2, -0.15) is 0 Å². The largest absolute Gasteiger partial charge is 0.594 e. The lowest BCUT2D eigenvalue weighted by Crippen LogP contribution is -1.91. The molecule has 0 radical (unpaired) electrons. The first-order valence-corrected chi connectivity index (χ1v) is 4.65. The Kier molecular flexibility index (Phi) is 1.22. The standard InChI is InChI=1S/C14H14N2O3/c1-18-13-7-3-11(4-8-13)15-16(17)12-5-9-14(19-2)10-6-12/h3-10H,1-2H3/i1D3,2D3,3D,4D,5D,6D,7D,8D,9D,10D. The molecule has 0 spiro atoms. The molecule has 0 unspecified atom stereocenters. The summed E-state index contributed by atoms with van der Waals surface area (Å²) < 4.78 is 114. The minimum absolute atomic E-state index is 0.492. The summed E-state index contributed by atoms with van der Waals surface area (Å²) in [4.78, 5) is -0.492. The number of rotatable bonds is 4. The van der Waals surface area contributed by atoms with Gasteiger partial charge in [0.15, 0.2) is 0 Å². The Balaban J connectivity index is 2.72. The second-order valence-corrected chi connectivity index (χ2v) is 2.93. The third-order valence-corrected chi connectivity index (χ3v) is 1.76. The van der Waals surface area contributed by atoms with E-state index >= 15 is 0 Å². The molecule has 0 aliphatic rings. The van der Waals surface area contributed by atoms with Gasteiger partial charge in [-0.1, -0.05) is 4.86 Å². The normalized spacial score (nSPS) is 23.1. The van der Waals surface area contributed by atoms with Crippen LogP contribution in [0.3, 0.4) is 0 Å². The van der Waals surface area contributed by atoms with Crippen molar-refractivity contribution in [3.05, 3.63) is 53.5 Å². The lowest BCUT2D eigenvalue weighted by atomic mass is 10.3. The Hall–Kier alpha value is -2.56. The highest BCUT2D eigenvalue weighted by molar-refractivity contribution is 5.41. The molecule has 19 heavy (non-hydrogen) atoms. The molecule has 0 N–H and O–H groups in total. The fourth-order valence-corrected chi connectivity index (χ4v) is 0.977. The van der Waals surface area contributed by atoms with E-state index in [1.54, 1.807) is 0 Å². The molecule has 5 heteroatoms. The lowest BCUT2D eigenvalue weighted by Gasteiger charge is -2.02. The molecular weight excluding hydrogens is 244 g/mol. The first-order chi connectivity index (χ1) is 14.9. The highest BCUT2D eigenvalue weighted by Crippen LogP contribution is 2.22. The first-order valence-electron chi connectivity index (χ1n) is 11.6. The van der Waals surface area contributed by atoms with E-state index in [-0.39, 0.29) is 0 Å². The Morgan fingerprint density at radius 1 is 1.00 bits per heavy atom. The summed E-state index contributed by atoms with van der Waals surface area (Å²) >= 11 is 0. The van der Waals surface area contributed by atoms with E-state index in [4.69, 9.17) is 19.2 Å². The molecule has 0 saturated heterocycles. The lowest BCUT2D eigenvalue weighted by molar-refractivity contribution is -0.435. The number of azo groups is 1. The van der Waals surface area contributed by atoms with Gasteiger partial charge >= 0.3 is 0 Å². The number of nitrogens with zero attached hydrogens (tertiary/aromatic N) is 2. The van der Waals surface area contributed by atoms with Gasteiger partial charge in [-0.3, -0.25) is 0 Å². The number of hydrogen-bond acceptors (Lipinski definition) is 4. The monoisotopic (exact) mass is 272 g/mol. The molecule has 0 saturated carbocycles. The molecule has 2 rings (SSSR count). The number of ether oxygens (including phenoxy) is 2. The summed E-state index contributed by atoms with van der Waals surface area (Å²) in [6, 6.07) is -8.03. The van der Waals surface area contributed by atoms with E-state index in [1.807, 2.05) is 0 Å². The SMILES string of the molecule is [2H]c1c([2H])c(OC([2H])([2H])[2H])c([2H])c([2H])c1N=[N+]([O-])c1c([2H])c([2H])c(OC([2H])([2H])[2H])c([2H])c1[2H]. The second-order valence-electron chi connectivity index (χ2n) is 2.93. The molecule has 0 amide bonds. The van der Waals surface area contributed by atoms with Crippen LogP contribution in [0.5, 0.6) is 11.5 Å². The van der Waals surface area contributed by atoms with Crippen LogP contribution in [-0.4, -0.2) is 18.9 Å². The summed E-state index contributed by atoms with van der Waals surface area (Å²) in [6.45, 7) is 0. The second kappa shape index (κ2) is 5.86. The van der Waals surface area contributed by atoms with E-state index in [0.717, 1.165) is 0 Å². The highest BCUT2D eigenvalue weighted by atomic mass is 16.5. The summed E-state index contributed by atoms with van der Waals surface area (Å²) in [6.07, 6.45) is 0. The first kappa shape index (κ1) is 3.96. The van der Waals surface area contributed by atoms with Crippen molar-refractivity contribution in [2.45, 2.75) is 0 Å².